The van der Waals surface area contributed by atoms with Gasteiger partial charge in [-0.05, 0) is 164 Å². The van der Waals surface area contributed by atoms with Crippen LogP contribution in [-0.2, 0) is 14.4 Å². The lowest BCUT2D eigenvalue weighted by atomic mass is 9.66. The maximum absolute atomic E-state index is 13.0. The average molecular weight is 1870 g/mol. The lowest BCUT2D eigenvalue weighted by Crippen LogP contribution is -2.32. The van der Waals surface area contributed by atoms with Crippen molar-refractivity contribution in [1.82, 2.24) is 0 Å². The monoisotopic (exact) mass is 1870 g/mol. The van der Waals surface area contributed by atoms with Crippen molar-refractivity contribution in [2.45, 2.75) is 198 Å². The normalized spacial score (nSPS) is 12.8. The molecule has 1 heterocycles. The van der Waals surface area contributed by atoms with E-state index < -0.39 is 22.2 Å². The third-order valence-electron chi connectivity index (χ3n) is 23.0. The number of nitriles is 3. The standard InChI is InChI=1S/C30H29NO3.C28H29NO2.C22H25NO2.C15H16S2.C11H14S2.C9H12OS2/c1-29(2,3)30(4,19-31)18-17-26(33)34-25-16-14-21-10-6-8-12-23(21)28(25)27-22-11-7-5-9-20(22)13-15-24(27)32;1-27(2,3)28(4,20-29)19-18-25(30)31-26-23(21-12-7-5-8-13-21)16-11-17-24(26)22-14-9-6-10-15-22;1-21(2,3)22(4,16-23)15-14-20(24)25-19-12-10-18(11-13-19)17-8-6-5-7-9-17;1-15(2,3)17-14(16)13-9-8-11-6-4-5-7-12(11)10-13;1-11(2,3)13-10(12)9-7-5-4-6-8-9;1-9(2,3)12-8(11)7-5-4-6-10-7/h5-16,32H,17-18H2,1-4H3;5-17H,18-19H2,1-4H3;5-13H,14-15H2,1-4H3;4-10H,1-3H3;4-8H,1-3H3;4-6H,1-3H3. The van der Waals surface area contributed by atoms with E-state index in [4.69, 9.17) is 55.3 Å². The van der Waals surface area contributed by atoms with Gasteiger partial charge in [0.05, 0.1) is 49.1 Å². The SMILES string of the molecule is CC(C)(C)C(C)(C#N)CCC(=O)Oc1c(-c2ccccc2)cccc1-c1ccccc1.CC(C)(C)C(C)(C#N)CCC(=O)Oc1ccc(-c2ccccc2)cc1.CC(C)(C)C(C)(C#N)CCC(=O)Oc1ccc2ccccc2c1-c1c(O)ccc2ccccc12.CC(C)(C)SC(=S)c1ccc2ccccc2c1.CC(C)(C)SC(=S)c1ccccc1.CC(C)(C)SC(=S)c1ccco1. The van der Waals surface area contributed by atoms with Gasteiger partial charge in [0.2, 0.25) is 0 Å². The van der Waals surface area contributed by atoms with Crippen LogP contribution in [0.25, 0.3) is 76.8 Å². The number of carbonyl (C=O) groups excluding carboxylic acids is 3. The number of furan rings is 1. The molecular weight excluding hydrogens is 1740 g/mol. The number of hydrogen-bond donors (Lipinski definition) is 1. The number of phenolic OH excluding ortho intramolecular Hbond substituents is 1. The number of benzene rings is 12. The number of nitrogens with zero attached hydrogens (tertiary/aromatic N) is 3. The third kappa shape index (κ3) is 31.4. The summed E-state index contributed by atoms with van der Waals surface area (Å²) in [7, 11) is 0. The first-order valence-electron chi connectivity index (χ1n) is 44.3. The molecule has 11 nitrogen and oxygen atoms in total. The second-order valence-corrected chi connectivity index (χ2v) is 46.6. The number of phenols is 1. The van der Waals surface area contributed by atoms with Gasteiger partial charge in [0, 0.05) is 55.8 Å². The highest BCUT2D eigenvalue weighted by atomic mass is 32.2. The summed E-state index contributed by atoms with van der Waals surface area (Å²) in [6.45, 7) is 43.3. The first-order chi connectivity index (χ1) is 62.1. The van der Waals surface area contributed by atoms with E-state index in [1.165, 1.54) is 10.8 Å². The summed E-state index contributed by atoms with van der Waals surface area (Å²) in [5, 5.41) is 46.1. The molecule has 1 N–H and O–H groups in total. The zero-order valence-electron chi connectivity index (χ0n) is 80.1. The Balaban J connectivity index is 0.000000203. The first-order valence-corrected chi connectivity index (χ1v) is 48.0. The van der Waals surface area contributed by atoms with Gasteiger partial charge in [0.15, 0.2) is 5.76 Å². The molecule has 3 atom stereocenters. The van der Waals surface area contributed by atoms with Crippen LogP contribution in [0.15, 0.2) is 302 Å². The van der Waals surface area contributed by atoms with Crippen molar-refractivity contribution < 1.29 is 38.1 Å². The van der Waals surface area contributed by atoms with Gasteiger partial charge in [-0.1, -0.05) is 410 Å². The Morgan fingerprint density at radius 1 is 0.341 bits per heavy atom. The van der Waals surface area contributed by atoms with Crippen molar-refractivity contribution in [3.8, 4) is 85.7 Å². The molecule has 1 aromatic heterocycles. The number of ether oxygens (including phenoxy) is 3. The van der Waals surface area contributed by atoms with Crippen LogP contribution >= 0.6 is 71.9 Å². The van der Waals surface area contributed by atoms with Gasteiger partial charge < -0.3 is 23.7 Å². The molecule has 132 heavy (non-hydrogen) atoms. The number of fused-ring (bicyclic) bond motifs is 3. The largest absolute Gasteiger partial charge is 0.507 e. The molecule has 0 spiro atoms. The van der Waals surface area contributed by atoms with Gasteiger partial charge in [0.25, 0.3) is 0 Å². The fourth-order valence-electron chi connectivity index (χ4n) is 13.5. The highest BCUT2D eigenvalue weighted by Crippen LogP contribution is 2.49. The minimum atomic E-state index is -0.661. The van der Waals surface area contributed by atoms with Crippen molar-refractivity contribution in [1.29, 1.82) is 15.8 Å². The van der Waals surface area contributed by atoms with Crippen LogP contribution in [0.2, 0.25) is 0 Å². The van der Waals surface area contributed by atoms with Crippen molar-refractivity contribution in [3.63, 3.8) is 0 Å². The maximum atomic E-state index is 13.0. The van der Waals surface area contributed by atoms with Crippen LogP contribution < -0.4 is 14.2 Å². The molecule has 0 radical (unpaired) electrons. The molecule has 17 heteroatoms. The van der Waals surface area contributed by atoms with Gasteiger partial charge >= 0.3 is 17.9 Å². The Hall–Kier alpha value is -11.3. The zero-order valence-corrected chi connectivity index (χ0v) is 85.0. The number of thiocarbonyl (C=S) groups is 3. The minimum absolute atomic E-state index is 0.120. The first kappa shape index (κ1) is 106. The Morgan fingerprint density at radius 3 is 1.14 bits per heavy atom. The summed E-state index contributed by atoms with van der Waals surface area (Å²) in [5.74, 6) is 1.36. The molecule has 0 saturated carbocycles. The zero-order chi connectivity index (χ0) is 97.1. The molecule has 0 saturated heterocycles. The van der Waals surface area contributed by atoms with Crippen LogP contribution in [-0.4, -0.2) is 49.8 Å². The minimum Gasteiger partial charge on any atom is -0.507 e. The van der Waals surface area contributed by atoms with Crippen LogP contribution in [0.5, 0.6) is 23.0 Å². The van der Waals surface area contributed by atoms with Gasteiger partial charge in [0.1, 0.15) is 27.2 Å². The predicted molar refractivity (Wildman–Crippen MR) is 568 cm³/mol. The number of rotatable bonds is 19. The number of hydrogen-bond acceptors (Lipinski definition) is 17. The van der Waals surface area contributed by atoms with Crippen molar-refractivity contribution in [2.75, 3.05) is 0 Å². The molecule has 0 amide bonds. The van der Waals surface area contributed by atoms with Crippen molar-refractivity contribution in [2.24, 2.45) is 32.5 Å². The third-order valence-corrected chi connectivity index (χ3v) is 27.5. The lowest BCUT2D eigenvalue weighted by Gasteiger charge is -2.35. The maximum Gasteiger partial charge on any atom is 0.311 e. The number of thioether (sulfide) groups is 3. The quantitative estimate of drug-likeness (QED) is 0.0458. The van der Waals surface area contributed by atoms with Crippen molar-refractivity contribution >= 4 is 135 Å². The van der Waals surface area contributed by atoms with E-state index in [2.05, 4.69) is 135 Å². The van der Waals surface area contributed by atoms with Gasteiger partial charge in [-0.15, -0.1) is 35.3 Å². The highest BCUT2D eigenvalue weighted by Gasteiger charge is 2.41. The topological polar surface area (TPSA) is 184 Å². The van der Waals surface area contributed by atoms with Gasteiger partial charge in [-0.3, -0.25) is 14.4 Å². The highest BCUT2D eigenvalue weighted by molar-refractivity contribution is 8.25. The number of aromatic hydroxyl groups is 1. The number of para-hydroxylation sites is 1. The van der Waals surface area contributed by atoms with Crippen LogP contribution in [0.3, 0.4) is 0 Å². The fourth-order valence-corrected chi connectivity index (χ4v) is 18.5. The van der Waals surface area contributed by atoms with Crippen LogP contribution in [0.4, 0.5) is 0 Å². The summed E-state index contributed by atoms with van der Waals surface area (Å²) in [6.07, 6.45) is 3.49. The van der Waals surface area contributed by atoms with Gasteiger partial charge in [-0.25, -0.2) is 0 Å². The van der Waals surface area contributed by atoms with E-state index in [1.54, 1.807) is 65.8 Å². The summed E-state index contributed by atoms with van der Waals surface area (Å²) < 4.78 is 25.8. The summed E-state index contributed by atoms with van der Waals surface area (Å²) in [6, 6.07) is 102. The molecule has 0 fully saturated rings. The van der Waals surface area contributed by atoms with E-state index in [0.29, 0.717) is 47.6 Å². The Labute approximate surface area is 812 Å². The fraction of sp³-hybridized carbons (Fsp3) is 0.313. The molecule has 0 aliphatic heterocycles. The van der Waals surface area contributed by atoms with E-state index in [1.807, 2.05) is 295 Å². The molecule has 0 bridgehead atoms. The number of carbonyl (C=O) groups is 3. The molecule has 12 aromatic carbocycles. The molecule has 3 unspecified atom stereocenters. The summed E-state index contributed by atoms with van der Waals surface area (Å²) in [5.41, 5.74) is 6.97. The van der Waals surface area contributed by atoms with Crippen LogP contribution in [0.1, 0.15) is 201 Å². The molecule has 684 valence electrons. The Morgan fingerprint density at radius 2 is 0.705 bits per heavy atom. The molecule has 0 aliphatic rings. The average Bonchev–Trinajstić information content (AvgIpc) is 0.783. The molecule has 13 rings (SSSR count). The van der Waals surface area contributed by atoms with Crippen molar-refractivity contribution in [3.05, 3.63) is 314 Å². The predicted octanol–water partition coefficient (Wildman–Crippen LogP) is 33.0. The summed E-state index contributed by atoms with van der Waals surface area (Å²) >= 11 is 21.2. The summed E-state index contributed by atoms with van der Waals surface area (Å²) in [4.78, 5) is 38.0. The lowest BCUT2D eigenvalue weighted by molar-refractivity contribution is -0.136. The molecule has 0 aliphatic carbocycles. The number of esters is 3. The van der Waals surface area contributed by atoms with E-state index in [0.717, 1.165) is 84.4 Å². The smallest absolute Gasteiger partial charge is 0.311 e. The molecular formula is C115H125N3O8S6. The Kier molecular flexibility index (Phi) is 38.1. The van der Waals surface area contributed by atoms with Crippen LogP contribution in [0, 0.1) is 66.5 Å². The van der Waals surface area contributed by atoms with Gasteiger partial charge in [-0.2, -0.15) is 15.8 Å². The Bertz CT molecular complexity index is 6140. The van der Waals surface area contributed by atoms with E-state index >= 15 is 0 Å². The van der Waals surface area contributed by atoms with E-state index in [9.17, 15) is 35.3 Å². The molecule has 13 aromatic rings. The second-order valence-electron chi connectivity index (χ2n) is 39.1. The second kappa shape index (κ2) is 47.4. The van der Waals surface area contributed by atoms with E-state index in [-0.39, 0.29) is 67.4 Å².